The molecule has 7 nitrogen and oxygen atoms in total. The minimum absolute atomic E-state index is 0.00125. The summed E-state index contributed by atoms with van der Waals surface area (Å²) in [6.07, 6.45) is 3.68. The number of pyridine rings is 1. The molecule has 3 heterocycles. The van der Waals surface area contributed by atoms with E-state index in [1.54, 1.807) is 23.2 Å². The van der Waals surface area contributed by atoms with Gasteiger partial charge in [0.15, 0.2) is 0 Å². The van der Waals surface area contributed by atoms with Crippen LogP contribution in [0.15, 0.2) is 18.3 Å². The van der Waals surface area contributed by atoms with Gasteiger partial charge in [-0.1, -0.05) is 0 Å². The normalized spacial score (nSPS) is 21.5. The third-order valence-corrected chi connectivity index (χ3v) is 4.47. The third-order valence-electron chi connectivity index (χ3n) is 4.47. The number of methoxy groups -OCH3 is 1. The van der Waals surface area contributed by atoms with Crippen molar-refractivity contribution in [2.24, 2.45) is 5.92 Å². The van der Waals surface area contributed by atoms with Crippen molar-refractivity contribution >= 4 is 11.9 Å². The second kappa shape index (κ2) is 7.61. The second-order valence-electron chi connectivity index (χ2n) is 6.08. The first-order valence-electron chi connectivity index (χ1n) is 8.25. The Morgan fingerprint density at radius 1 is 1.29 bits per heavy atom. The van der Waals surface area contributed by atoms with Crippen LogP contribution in [0.1, 0.15) is 29.6 Å². The van der Waals surface area contributed by atoms with Crippen molar-refractivity contribution in [1.82, 2.24) is 9.88 Å². The maximum absolute atomic E-state index is 12.6. The Balaban J connectivity index is 1.60. The standard InChI is InChI=1S/C17H22N2O5/c1-22-17(21)12-3-7-19(8-4-12)16(20)13-2-6-18-15(10-13)24-14-5-9-23-11-14/h2,6,10,12,14H,3-5,7-9,11H2,1H3. The molecule has 130 valence electrons. The molecule has 2 aliphatic rings. The van der Waals surface area contributed by atoms with E-state index in [1.807, 2.05) is 0 Å². The van der Waals surface area contributed by atoms with Crippen molar-refractivity contribution in [3.63, 3.8) is 0 Å². The highest BCUT2D eigenvalue weighted by Gasteiger charge is 2.28. The van der Waals surface area contributed by atoms with E-state index in [0.29, 0.717) is 50.6 Å². The molecule has 2 saturated heterocycles. The number of carbonyl (C=O) groups excluding carboxylic acids is 2. The molecule has 0 N–H and O–H groups in total. The fourth-order valence-electron chi connectivity index (χ4n) is 3.05. The molecule has 0 saturated carbocycles. The molecule has 24 heavy (non-hydrogen) atoms. The van der Waals surface area contributed by atoms with Gasteiger partial charge in [-0.2, -0.15) is 0 Å². The van der Waals surface area contributed by atoms with Gasteiger partial charge >= 0.3 is 5.97 Å². The highest BCUT2D eigenvalue weighted by Crippen LogP contribution is 2.21. The molecule has 1 aromatic heterocycles. The van der Waals surface area contributed by atoms with Gasteiger partial charge in [0.1, 0.15) is 6.10 Å². The van der Waals surface area contributed by atoms with E-state index in [9.17, 15) is 9.59 Å². The minimum atomic E-state index is -0.194. The van der Waals surface area contributed by atoms with E-state index >= 15 is 0 Å². The molecular formula is C17H22N2O5. The van der Waals surface area contributed by atoms with Crippen molar-refractivity contribution in [2.45, 2.75) is 25.4 Å². The molecule has 1 amide bonds. The van der Waals surface area contributed by atoms with Crippen LogP contribution >= 0.6 is 0 Å². The van der Waals surface area contributed by atoms with Gasteiger partial charge in [-0.25, -0.2) is 4.98 Å². The van der Waals surface area contributed by atoms with Crippen molar-refractivity contribution in [1.29, 1.82) is 0 Å². The van der Waals surface area contributed by atoms with Gasteiger partial charge in [0.25, 0.3) is 5.91 Å². The first-order valence-corrected chi connectivity index (χ1v) is 8.25. The summed E-state index contributed by atoms with van der Waals surface area (Å²) < 4.78 is 15.8. The average molecular weight is 334 g/mol. The van der Waals surface area contributed by atoms with Gasteiger partial charge in [-0.05, 0) is 18.9 Å². The van der Waals surface area contributed by atoms with Gasteiger partial charge in [0.2, 0.25) is 5.88 Å². The predicted octanol–water partition coefficient (Wildman–Crippen LogP) is 1.27. The Bertz CT molecular complexity index is 592. The monoisotopic (exact) mass is 334 g/mol. The highest BCUT2D eigenvalue weighted by atomic mass is 16.5. The summed E-state index contributed by atoms with van der Waals surface area (Å²) in [5, 5.41) is 0. The lowest BCUT2D eigenvalue weighted by Gasteiger charge is -2.30. The molecule has 3 rings (SSSR count). The van der Waals surface area contributed by atoms with Crippen LogP contribution in [0, 0.1) is 5.92 Å². The minimum Gasteiger partial charge on any atom is -0.472 e. The zero-order valence-electron chi connectivity index (χ0n) is 13.8. The average Bonchev–Trinajstić information content (AvgIpc) is 3.14. The Kier molecular flexibility index (Phi) is 5.30. The Labute approximate surface area is 140 Å². The van der Waals surface area contributed by atoms with E-state index in [0.717, 1.165) is 6.42 Å². The topological polar surface area (TPSA) is 78.0 Å². The van der Waals surface area contributed by atoms with Gasteiger partial charge in [0.05, 0.1) is 26.2 Å². The third kappa shape index (κ3) is 3.84. The highest BCUT2D eigenvalue weighted by molar-refractivity contribution is 5.94. The number of rotatable bonds is 4. The largest absolute Gasteiger partial charge is 0.472 e. The van der Waals surface area contributed by atoms with Crippen LogP contribution in [0.25, 0.3) is 0 Å². The van der Waals surface area contributed by atoms with Gasteiger partial charge < -0.3 is 19.1 Å². The number of hydrogen-bond donors (Lipinski definition) is 0. The van der Waals surface area contributed by atoms with Gasteiger partial charge in [-0.3, -0.25) is 9.59 Å². The number of likely N-dealkylation sites (tertiary alicyclic amines) is 1. The quantitative estimate of drug-likeness (QED) is 0.772. The summed E-state index contributed by atoms with van der Waals surface area (Å²) in [7, 11) is 1.40. The number of hydrogen-bond acceptors (Lipinski definition) is 6. The summed E-state index contributed by atoms with van der Waals surface area (Å²) in [4.78, 5) is 30.1. The lowest BCUT2D eigenvalue weighted by molar-refractivity contribution is -0.146. The van der Waals surface area contributed by atoms with Gasteiger partial charge in [-0.15, -0.1) is 0 Å². The summed E-state index contributed by atoms with van der Waals surface area (Å²) >= 11 is 0. The van der Waals surface area contributed by atoms with Crippen LogP contribution in [-0.2, 0) is 14.3 Å². The number of piperidine rings is 1. The Morgan fingerprint density at radius 2 is 2.08 bits per heavy atom. The smallest absolute Gasteiger partial charge is 0.308 e. The lowest BCUT2D eigenvalue weighted by Crippen LogP contribution is -2.40. The van der Waals surface area contributed by atoms with Crippen LogP contribution in [0.2, 0.25) is 0 Å². The second-order valence-corrected chi connectivity index (χ2v) is 6.08. The maximum atomic E-state index is 12.6. The van der Waals surface area contributed by atoms with Crippen LogP contribution in [0.3, 0.4) is 0 Å². The summed E-state index contributed by atoms with van der Waals surface area (Å²) in [6, 6.07) is 3.36. The maximum Gasteiger partial charge on any atom is 0.308 e. The van der Waals surface area contributed by atoms with Crippen LogP contribution in [0.5, 0.6) is 5.88 Å². The number of ether oxygens (including phenoxy) is 3. The van der Waals surface area contributed by atoms with Crippen LogP contribution < -0.4 is 4.74 Å². The van der Waals surface area contributed by atoms with Crippen LogP contribution in [-0.4, -0.2) is 61.3 Å². The summed E-state index contributed by atoms with van der Waals surface area (Å²) in [5.41, 5.74) is 0.551. The zero-order chi connectivity index (χ0) is 16.9. The molecule has 0 radical (unpaired) electrons. The van der Waals surface area contributed by atoms with Crippen molar-refractivity contribution < 1.29 is 23.8 Å². The molecule has 0 bridgehead atoms. The lowest BCUT2D eigenvalue weighted by atomic mass is 9.96. The molecule has 1 aromatic rings. The van der Waals surface area contributed by atoms with Crippen molar-refractivity contribution in [3.8, 4) is 5.88 Å². The van der Waals surface area contributed by atoms with Crippen molar-refractivity contribution in [3.05, 3.63) is 23.9 Å². The van der Waals surface area contributed by atoms with Crippen LogP contribution in [0.4, 0.5) is 0 Å². The molecule has 2 fully saturated rings. The van der Waals surface area contributed by atoms with Crippen molar-refractivity contribution in [2.75, 3.05) is 33.4 Å². The fraction of sp³-hybridized carbons (Fsp3) is 0.588. The van der Waals surface area contributed by atoms with E-state index in [-0.39, 0.29) is 23.9 Å². The molecule has 2 aliphatic heterocycles. The Morgan fingerprint density at radius 3 is 2.75 bits per heavy atom. The fourth-order valence-corrected chi connectivity index (χ4v) is 3.05. The molecule has 0 aliphatic carbocycles. The SMILES string of the molecule is COC(=O)C1CCN(C(=O)c2ccnc(OC3CCOC3)c2)CC1. The van der Waals surface area contributed by atoms with E-state index in [4.69, 9.17) is 14.2 Å². The number of amides is 1. The first kappa shape index (κ1) is 16.7. The van der Waals surface area contributed by atoms with E-state index < -0.39 is 0 Å². The summed E-state index contributed by atoms with van der Waals surface area (Å²) in [5.74, 6) is 0.0762. The Hall–Kier alpha value is -2.15. The summed E-state index contributed by atoms with van der Waals surface area (Å²) in [6.45, 7) is 2.35. The molecule has 0 spiro atoms. The molecule has 7 heteroatoms. The zero-order valence-corrected chi connectivity index (χ0v) is 13.8. The molecule has 0 aromatic carbocycles. The molecular weight excluding hydrogens is 312 g/mol. The molecule has 1 atom stereocenters. The van der Waals surface area contributed by atoms with E-state index in [2.05, 4.69) is 4.98 Å². The first-order chi connectivity index (χ1) is 11.7. The number of aromatic nitrogens is 1. The van der Waals surface area contributed by atoms with E-state index in [1.165, 1.54) is 7.11 Å². The number of nitrogens with zero attached hydrogens (tertiary/aromatic N) is 2. The molecule has 1 unspecified atom stereocenters. The number of carbonyl (C=O) groups is 2. The van der Waals surface area contributed by atoms with Gasteiger partial charge in [0, 0.05) is 37.3 Å². The number of esters is 1. The predicted molar refractivity (Wildman–Crippen MR) is 84.7 cm³/mol.